The summed E-state index contributed by atoms with van der Waals surface area (Å²) in [5.41, 5.74) is -0.0880. The molecule has 0 atom stereocenters. The smallest absolute Gasteiger partial charge is 0.258 e. The van der Waals surface area contributed by atoms with Crippen LogP contribution in [0.25, 0.3) is 0 Å². The van der Waals surface area contributed by atoms with Crippen molar-refractivity contribution in [3.8, 4) is 6.07 Å². The molecule has 1 aromatic heterocycles. The Balaban J connectivity index is 3.26. The van der Waals surface area contributed by atoms with Crippen LogP contribution in [-0.4, -0.2) is 4.92 Å². The standard InChI is InChI=1S/C6H4N2O2S/c1-4-2-5(8(9)10)6(3-7)11-4/h2H,1H3. The van der Waals surface area contributed by atoms with Crippen molar-refractivity contribution in [2.45, 2.75) is 6.92 Å². The Labute approximate surface area is 66.8 Å². The predicted molar refractivity (Wildman–Crippen MR) is 40.4 cm³/mol. The van der Waals surface area contributed by atoms with Gasteiger partial charge in [-0.3, -0.25) is 10.1 Å². The maximum atomic E-state index is 10.3. The maximum absolute atomic E-state index is 10.3. The van der Waals surface area contributed by atoms with Crippen molar-refractivity contribution in [3.05, 3.63) is 25.9 Å². The minimum Gasteiger partial charge on any atom is -0.258 e. The SMILES string of the molecule is Cc1cc([N+](=O)[O-])c(C#N)s1. The molecule has 11 heavy (non-hydrogen) atoms. The van der Waals surface area contributed by atoms with Crippen LogP contribution in [0.3, 0.4) is 0 Å². The van der Waals surface area contributed by atoms with Gasteiger partial charge in [-0.25, -0.2) is 0 Å². The summed E-state index contributed by atoms with van der Waals surface area (Å²) in [5.74, 6) is 0. The number of hydrogen-bond donors (Lipinski definition) is 0. The number of nitriles is 1. The lowest BCUT2D eigenvalue weighted by atomic mass is 10.4. The molecular weight excluding hydrogens is 164 g/mol. The number of thiophene rings is 1. The summed E-state index contributed by atoms with van der Waals surface area (Å²) in [6, 6.07) is 3.18. The molecular formula is C6H4N2O2S. The van der Waals surface area contributed by atoms with Gasteiger partial charge in [0.1, 0.15) is 6.07 Å². The molecule has 0 amide bonds. The van der Waals surface area contributed by atoms with Crippen LogP contribution in [0.15, 0.2) is 6.07 Å². The van der Waals surface area contributed by atoms with Gasteiger partial charge < -0.3 is 0 Å². The van der Waals surface area contributed by atoms with E-state index in [1.165, 1.54) is 6.07 Å². The monoisotopic (exact) mass is 168 g/mol. The van der Waals surface area contributed by atoms with E-state index in [2.05, 4.69) is 0 Å². The molecule has 1 aromatic rings. The first-order valence-electron chi connectivity index (χ1n) is 2.80. The minimum absolute atomic E-state index is 0.0880. The zero-order chi connectivity index (χ0) is 8.43. The second kappa shape index (κ2) is 2.68. The van der Waals surface area contributed by atoms with E-state index in [0.717, 1.165) is 16.2 Å². The summed E-state index contributed by atoms with van der Waals surface area (Å²) in [4.78, 5) is 10.7. The summed E-state index contributed by atoms with van der Waals surface area (Å²) in [7, 11) is 0. The summed E-state index contributed by atoms with van der Waals surface area (Å²) in [6.45, 7) is 1.73. The van der Waals surface area contributed by atoms with Crippen LogP contribution in [0.5, 0.6) is 0 Å². The lowest BCUT2D eigenvalue weighted by Crippen LogP contribution is -1.86. The molecule has 0 N–H and O–H groups in total. The first kappa shape index (κ1) is 7.69. The molecule has 0 fully saturated rings. The zero-order valence-electron chi connectivity index (χ0n) is 5.70. The summed E-state index contributed by atoms with van der Waals surface area (Å²) in [5, 5.41) is 18.7. The fourth-order valence-electron chi connectivity index (χ4n) is 0.717. The Bertz CT molecular complexity index is 337. The fraction of sp³-hybridized carbons (Fsp3) is 0.167. The average Bonchev–Trinajstić information content (AvgIpc) is 2.30. The fourth-order valence-corrected chi connectivity index (χ4v) is 1.49. The summed E-state index contributed by atoms with van der Waals surface area (Å²) >= 11 is 1.14. The first-order valence-corrected chi connectivity index (χ1v) is 3.61. The quantitative estimate of drug-likeness (QED) is 0.474. The van der Waals surface area contributed by atoms with E-state index in [4.69, 9.17) is 5.26 Å². The minimum atomic E-state index is -0.540. The van der Waals surface area contributed by atoms with Crippen LogP contribution in [0.4, 0.5) is 5.69 Å². The number of aryl methyl sites for hydroxylation is 1. The van der Waals surface area contributed by atoms with E-state index < -0.39 is 4.92 Å². The number of nitrogens with zero attached hydrogens (tertiary/aromatic N) is 2. The van der Waals surface area contributed by atoms with Crippen molar-refractivity contribution in [2.75, 3.05) is 0 Å². The van der Waals surface area contributed by atoms with Gasteiger partial charge in [0.15, 0.2) is 4.88 Å². The third-order valence-electron chi connectivity index (χ3n) is 1.13. The molecule has 4 nitrogen and oxygen atoms in total. The largest absolute Gasteiger partial charge is 0.298 e. The highest BCUT2D eigenvalue weighted by atomic mass is 32.1. The Morgan fingerprint density at radius 1 is 1.82 bits per heavy atom. The van der Waals surface area contributed by atoms with Crippen molar-refractivity contribution >= 4 is 17.0 Å². The van der Waals surface area contributed by atoms with E-state index in [1.807, 2.05) is 0 Å². The molecule has 0 spiro atoms. The molecule has 0 bridgehead atoms. The molecule has 56 valence electrons. The van der Waals surface area contributed by atoms with E-state index in [0.29, 0.717) is 0 Å². The average molecular weight is 168 g/mol. The van der Waals surface area contributed by atoms with Crippen molar-refractivity contribution in [1.29, 1.82) is 5.26 Å². The molecule has 1 rings (SSSR count). The van der Waals surface area contributed by atoms with Gasteiger partial charge in [-0.1, -0.05) is 0 Å². The van der Waals surface area contributed by atoms with Crippen LogP contribution < -0.4 is 0 Å². The second-order valence-corrected chi connectivity index (χ2v) is 3.20. The van der Waals surface area contributed by atoms with Crippen LogP contribution >= 0.6 is 11.3 Å². The summed E-state index contributed by atoms with van der Waals surface area (Å²) < 4.78 is 0. The molecule has 0 aliphatic carbocycles. The van der Waals surface area contributed by atoms with Gasteiger partial charge >= 0.3 is 0 Å². The Morgan fingerprint density at radius 3 is 2.82 bits per heavy atom. The van der Waals surface area contributed by atoms with Crippen LogP contribution in [-0.2, 0) is 0 Å². The molecule has 0 radical (unpaired) electrons. The first-order chi connectivity index (χ1) is 5.15. The van der Waals surface area contributed by atoms with Gasteiger partial charge in [0.05, 0.1) is 4.92 Å². The van der Waals surface area contributed by atoms with Gasteiger partial charge in [0.25, 0.3) is 5.69 Å². The second-order valence-electron chi connectivity index (χ2n) is 1.94. The highest BCUT2D eigenvalue weighted by molar-refractivity contribution is 7.12. The van der Waals surface area contributed by atoms with E-state index in [1.54, 1.807) is 13.0 Å². The van der Waals surface area contributed by atoms with Crippen LogP contribution in [0.1, 0.15) is 9.75 Å². The van der Waals surface area contributed by atoms with E-state index in [9.17, 15) is 10.1 Å². The van der Waals surface area contributed by atoms with E-state index in [-0.39, 0.29) is 10.6 Å². The van der Waals surface area contributed by atoms with Crippen molar-refractivity contribution in [3.63, 3.8) is 0 Å². The number of hydrogen-bond acceptors (Lipinski definition) is 4. The predicted octanol–water partition coefficient (Wildman–Crippen LogP) is 1.84. The normalized spacial score (nSPS) is 9.09. The number of rotatable bonds is 1. The number of nitro groups is 1. The molecule has 0 unspecified atom stereocenters. The van der Waals surface area contributed by atoms with Gasteiger partial charge in [0, 0.05) is 10.9 Å². The Kier molecular flexibility index (Phi) is 1.87. The molecule has 0 aromatic carbocycles. The van der Waals surface area contributed by atoms with Crippen LogP contribution in [0, 0.1) is 28.4 Å². The lowest BCUT2D eigenvalue weighted by molar-refractivity contribution is -0.384. The van der Waals surface area contributed by atoms with Crippen molar-refractivity contribution < 1.29 is 4.92 Å². The van der Waals surface area contributed by atoms with Crippen LogP contribution in [0.2, 0.25) is 0 Å². The molecule has 0 aliphatic rings. The molecule has 1 heterocycles. The maximum Gasteiger partial charge on any atom is 0.298 e. The van der Waals surface area contributed by atoms with Gasteiger partial charge in [-0.15, -0.1) is 11.3 Å². The third-order valence-corrected chi connectivity index (χ3v) is 2.08. The highest BCUT2D eigenvalue weighted by Crippen LogP contribution is 2.26. The lowest BCUT2D eigenvalue weighted by Gasteiger charge is -1.81. The highest BCUT2D eigenvalue weighted by Gasteiger charge is 2.16. The van der Waals surface area contributed by atoms with Crippen molar-refractivity contribution in [2.24, 2.45) is 0 Å². The van der Waals surface area contributed by atoms with Crippen molar-refractivity contribution in [1.82, 2.24) is 0 Å². The molecule has 0 aliphatic heterocycles. The third kappa shape index (κ3) is 1.36. The summed E-state index contributed by atoms with van der Waals surface area (Å²) in [6.07, 6.45) is 0. The molecule has 0 saturated heterocycles. The van der Waals surface area contributed by atoms with E-state index >= 15 is 0 Å². The van der Waals surface area contributed by atoms with Gasteiger partial charge in [0.2, 0.25) is 0 Å². The Hall–Kier alpha value is -1.41. The topological polar surface area (TPSA) is 66.9 Å². The Morgan fingerprint density at radius 2 is 2.45 bits per heavy atom. The molecule has 0 saturated carbocycles. The van der Waals surface area contributed by atoms with Gasteiger partial charge in [-0.2, -0.15) is 5.26 Å². The molecule has 5 heteroatoms. The van der Waals surface area contributed by atoms with Gasteiger partial charge in [-0.05, 0) is 6.92 Å². The zero-order valence-corrected chi connectivity index (χ0v) is 6.51.